The lowest BCUT2D eigenvalue weighted by atomic mass is 10.1. The number of thiazole rings is 1. The second-order valence-electron chi connectivity index (χ2n) is 4.05. The van der Waals surface area contributed by atoms with Crippen LogP contribution in [-0.2, 0) is 19.9 Å². The first-order valence-electron chi connectivity index (χ1n) is 5.82. The molecule has 0 amide bonds. The van der Waals surface area contributed by atoms with E-state index in [4.69, 9.17) is 0 Å². The number of likely N-dealkylation sites (N-methyl/N-ethyl adjacent to an activating group) is 1. The van der Waals surface area contributed by atoms with E-state index in [1.807, 2.05) is 30.5 Å². The van der Waals surface area contributed by atoms with E-state index >= 15 is 0 Å². The minimum Gasteiger partial charge on any atom is -0.312 e. The summed E-state index contributed by atoms with van der Waals surface area (Å²) in [5, 5.41) is 7.81. The summed E-state index contributed by atoms with van der Waals surface area (Å²) >= 11 is 1.69. The molecular formula is C12H18N4S. The fraction of sp³-hybridized carbons (Fsp3) is 0.500. The van der Waals surface area contributed by atoms with Crippen LogP contribution in [0.4, 0.5) is 0 Å². The smallest absolute Gasteiger partial charge is 0.0794 e. The molecule has 2 rings (SSSR count). The van der Waals surface area contributed by atoms with Crippen LogP contribution in [0, 0.1) is 0 Å². The standard InChI is InChI=1S/C12H18N4S/c1-4-9-5-10(16(3)15-9)6-11(13-2)12-7-14-8-17-12/h5,7-8,11,13H,4,6H2,1-3H3. The van der Waals surface area contributed by atoms with Crippen molar-refractivity contribution in [1.82, 2.24) is 20.1 Å². The molecule has 0 saturated carbocycles. The van der Waals surface area contributed by atoms with Crippen molar-refractivity contribution < 1.29 is 0 Å². The van der Waals surface area contributed by atoms with E-state index in [2.05, 4.69) is 28.4 Å². The molecule has 2 heterocycles. The average molecular weight is 250 g/mol. The highest BCUT2D eigenvalue weighted by molar-refractivity contribution is 7.09. The van der Waals surface area contributed by atoms with Gasteiger partial charge >= 0.3 is 0 Å². The van der Waals surface area contributed by atoms with E-state index in [1.165, 1.54) is 10.6 Å². The van der Waals surface area contributed by atoms with Gasteiger partial charge in [0.2, 0.25) is 0 Å². The largest absolute Gasteiger partial charge is 0.312 e. The maximum absolute atomic E-state index is 4.47. The molecule has 2 aromatic heterocycles. The summed E-state index contributed by atoms with van der Waals surface area (Å²) < 4.78 is 1.98. The number of nitrogens with zero attached hydrogens (tertiary/aromatic N) is 3. The van der Waals surface area contributed by atoms with Crippen LogP contribution in [0.3, 0.4) is 0 Å². The molecule has 1 unspecified atom stereocenters. The Morgan fingerprint density at radius 2 is 2.35 bits per heavy atom. The van der Waals surface area contributed by atoms with Crippen LogP contribution in [0.25, 0.3) is 0 Å². The van der Waals surface area contributed by atoms with Gasteiger partial charge in [0.1, 0.15) is 0 Å². The molecule has 4 nitrogen and oxygen atoms in total. The molecule has 0 aliphatic heterocycles. The Hall–Kier alpha value is -1.20. The first-order valence-corrected chi connectivity index (χ1v) is 6.70. The second kappa shape index (κ2) is 5.42. The van der Waals surface area contributed by atoms with E-state index in [-0.39, 0.29) is 0 Å². The average Bonchev–Trinajstić information content (AvgIpc) is 2.96. The van der Waals surface area contributed by atoms with Gasteiger partial charge in [0, 0.05) is 36.3 Å². The maximum atomic E-state index is 4.47. The minimum atomic E-state index is 0.322. The SMILES string of the molecule is CCc1cc(CC(NC)c2cncs2)n(C)n1. The van der Waals surface area contributed by atoms with E-state index in [0.717, 1.165) is 18.5 Å². The fourth-order valence-electron chi connectivity index (χ4n) is 1.89. The van der Waals surface area contributed by atoms with Crippen LogP contribution in [-0.4, -0.2) is 21.8 Å². The number of aromatic nitrogens is 3. The van der Waals surface area contributed by atoms with Gasteiger partial charge in [0.15, 0.2) is 0 Å². The van der Waals surface area contributed by atoms with Gasteiger partial charge in [0.25, 0.3) is 0 Å². The predicted molar refractivity (Wildman–Crippen MR) is 70.2 cm³/mol. The molecule has 0 aliphatic carbocycles. The molecular weight excluding hydrogens is 232 g/mol. The predicted octanol–water partition coefficient (Wildman–Crippen LogP) is 1.94. The Kier molecular flexibility index (Phi) is 3.91. The number of hydrogen-bond acceptors (Lipinski definition) is 4. The molecule has 0 radical (unpaired) electrons. The summed E-state index contributed by atoms with van der Waals surface area (Å²) in [6, 6.07) is 2.51. The van der Waals surface area contributed by atoms with Crippen molar-refractivity contribution in [3.05, 3.63) is 34.0 Å². The number of aryl methyl sites for hydroxylation is 2. The Labute approximate surface area is 106 Å². The molecule has 0 spiro atoms. The molecule has 0 bridgehead atoms. The number of rotatable bonds is 5. The highest BCUT2D eigenvalue weighted by atomic mass is 32.1. The van der Waals surface area contributed by atoms with Crippen molar-refractivity contribution >= 4 is 11.3 Å². The highest BCUT2D eigenvalue weighted by Crippen LogP contribution is 2.21. The van der Waals surface area contributed by atoms with Crippen LogP contribution >= 0.6 is 11.3 Å². The second-order valence-corrected chi connectivity index (χ2v) is 4.97. The first kappa shape index (κ1) is 12.3. The molecule has 0 saturated heterocycles. The van der Waals surface area contributed by atoms with Gasteiger partial charge in [-0.25, -0.2) is 0 Å². The van der Waals surface area contributed by atoms with Gasteiger partial charge in [-0.1, -0.05) is 6.92 Å². The van der Waals surface area contributed by atoms with Crippen molar-refractivity contribution in [2.45, 2.75) is 25.8 Å². The molecule has 17 heavy (non-hydrogen) atoms. The summed E-state index contributed by atoms with van der Waals surface area (Å²) in [7, 11) is 4.00. The zero-order valence-corrected chi connectivity index (χ0v) is 11.3. The van der Waals surface area contributed by atoms with Gasteiger partial charge in [-0.05, 0) is 19.5 Å². The van der Waals surface area contributed by atoms with E-state index < -0.39 is 0 Å². The van der Waals surface area contributed by atoms with Crippen molar-refractivity contribution in [2.75, 3.05) is 7.05 Å². The van der Waals surface area contributed by atoms with E-state index in [9.17, 15) is 0 Å². The normalized spacial score (nSPS) is 12.9. The van der Waals surface area contributed by atoms with Gasteiger partial charge in [-0.3, -0.25) is 9.67 Å². The summed E-state index contributed by atoms with van der Waals surface area (Å²) in [5.74, 6) is 0. The lowest BCUT2D eigenvalue weighted by Crippen LogP contribution is -2.19. The summed E-state index contributed by atoms with van der Waals surface area (Å²) in [6.45, 7) is 2.13. The van der Waals surface area contributed by atoms with Crippen molar-refractivity contribution in [2.24, 2.45) is 7.05 Å². The van der Waals surface area contributed by atoms with Crippen molar-refractivity contribution in [3.8, 4) is 0 Å². The third-order valence-corrected chi connectivity index (χ3v) is 3.84. The van der Waals surface area contributed by atoms with Gasteiger partial charge in [0.05, 0.1) is 11.2 Å². The topological polar surface area (TPSA) is 42.7 Å². The summed E-state index contributed by atoms with van der Waals surface area (Å²) in [4.78, 5) is 5.40. The fourth-order valence-corrected chi connectivity index (χ4v) is 2.62. The zero-order chi connectivity index (χ0) is 12.3. The Bertz CT molecular complexity index is 461. The first-order chi connectivity index (χ1) is 8.24. The summed E-state index contributed by atoms with van der Waals surface area (Å²) in [5.41, 5.74) is 4.29. The minimum absolute atomic E-state index is 0.322. The lowest BCUT2D eigenvalue weighted by Gasteiger charge is -2.13. The van der Waals surface area contributed by atoms with Crippen LogP contribution in [0.5, 0.6) is 0 Å². The van der Waals surface area contributed by atoms with Crippen LogP contribution < -0.4 is 5.32 Å². The van der Waals surface area contributed by atoms with Crippen LogP contribution in [0.1, 0.15) is 29.2 Å². The number of hydrogen-bond donors (Lipinski definition) is 1. The van der Waals surface area contributed by atoms with Gasteiger partial charge in [-0.2, -0.15) is 5.10 Å². The molecule has 0 aliphatic rings. The van der Waals surface area contributed by atoms with E-state index in [0.29, 0.717) is 6.04 Å². The third kappa shape index (κ3) is 2.73. The quantitative estimate of drug-likeness (QED) is 0.882. The molecule has 2 aromatic rings. The molecule has 1 N–H and O–H groups in total. The maximum Gasteiger partial charge on any atom is 0.0794 e. The third-order valence-electron chi connectivity index (χ3n) is 2.95. The van der Waals surface area contributed by atoms with E-state index in [1.54, 1.807) is 11.3 Å². The molecule has 92 valence electrons. The number of nitrogens with one attached hydrogen (secondary N) is 1. The van der Waals surface area contributed by atoms with Crippen molar-refractivity contribution in [1.29, 1.82) is 0 Å². The Morgan fingerprint density at radius 1 is 1.53 bits per heavy atom. The zero-order valence-electron chi connectivity index (χ0n) is 10.5. The van der Waals surface area contributed by atoms with Gasteiger partial charge in [-0.15, -0.1) is 11.3 Å². The Balaban J connectivity index is 2.15. The molecule has 0 fully saturated rings. The molecule has 5 heteroatoms. The molecule has 0 aromatic carbocycles. The lowest BCUT2D eigenvalue weighted by molar-refractivity contribution is 0.568. The van der Waals surface area contributed by atoms with Crippen LogP contribution in [0.2, 0.25) is 0 Å². The molecule has 1 atom stereocenters. The van der Waals surface area contributed by atoms with Gasteiger partial charge < -0.3 is 5.32 Å². The van der Waals surface area contributed by atoms with Crippen LogP contribution in [0.15, 0.2) is 17.8 Å². The highest BCUT2D eigenvalue weighted by Gasteiger charge is 2.14. The van der Waals surface area contributed by atoms with Crippen molar-refractivity contribution in [3.63, 3.8) is 0 Å². The summed E-state index contributed by atoms with van der Waals surface area (Å²) in [6.07, 6.45) is 3.86. The monoisotopic (exact) mass is 250 g/mol. The Morgan fingerprint density at radius 3 is 2.88 bits per heavy atom.